The van der Waals surface area contributed by atoms with Crippen molar-refractivity contribution in [3.8, 4) is 17.2 Å². The van der Waals surface area contributed by atoms with Gasteiger partial charge in [0.2, 0.25) is 5.91 Å². The number of nitrogens with zero attached hydrogens (tertiary/aromatic N) is 1. The predicted octanol–water partition coefficient (Wildman–Crippen LogP) is 4.12. The molecule has 5 nitrogen and oxygen atoms in total. The molecule has 0 fully saturated rings. The molecular weight excluding hydrogens is 375 g/mol. The first-order valence-corrected chi connectivity index (χ1v) is 8.22. The second-order valence-electron chi connectivity index (χ2n) is 5.79. The highest BCUT2D eigenvalue weighted by atomic mass is 19.3. The molecule has 0 spiro atoms. The van der Waals surface area contributed by atoms with Crippen LogP contribution in [0.25, 0.3) is 6.08 Å². The number of hydrogen-bond donors (Lipinski definition) is 0. The first-order chi connectivity index (χ1) is 13.3. The molecule has 2 aromatic rings. The van der Waals surface area contributed by atoms with Crippen LogP contribution in [0.15, 0.2) is 42.5 Å². The van der Waals surface area contributed by atoms with E-state index in [1.807, 2.05) is 0 Å². The lowest BCUT2D eigenvalue weighted by Crippen LogP contribution is -2.24. The summed E-state index contributed by atoms with van der Waals surface area (Å²) in [7, 11) is 4.28. The Morgan fingerprint density at radius 3 is 2.36 bits per heavy atom. The molecule has 0 heterocycles. The molecule has 0 N–H and O–H groups in total. The van der Waals surface area contributed by atoms with Gasteiger partial charge in [0.05, 0.1) is 14.2 Å². The summed E-state index contributed by atoms with van der Waals surface area (Å²) in [4.78, 5) is 13.7. The van der Waals surface area contributed by atoms with Crippen LogP contribution < -0.4 is 14.2 Å². The molecule has 0 aliphatic heterocycles. The highest BCUT2D eigenvalue weighted by molar-refractivity contribution is 5.91. The van der Waals surface area contributed by atoms with Gasteiger partial charge < -0.3 is 19.1 Å². The highest BCUT2D eigenvalue weighted by Gasteiger charge is 2.11. The van der Waals surface area contributed by atoms with Gasteiger partial charge in [-0.15, -0.1) is 0 Å². The van der Waals surface area contributed by atoms with Crippen molar-refractivity contribution < 1.29 is 32.2 Å². The normalized spacial score (nSPS) is 11.0. The zero-order valence-electron chi connectivity index (χ0n) is 15.6. The van der Waals surface area contributed by atoms with Gasteiger partial charge in [-0.3, -0.25) is 4.79 Å². The molecule has 0 saturated carbocycles. The lowest BCUT2D eigenvalue weighted by molar-refractivity contribution is -0.125. The van der Waals surface area contributed by atoms with E-state index in [1.165, 1.54) is 61.6 Å². The molecule has 0 saturated heterocycles. The molecule has 0 aromatic heterocycles. The van der Waals surface area contributed by atoms with Crippen LogP contribution in [-0.4, -0.2) is 38.7 Å². The van der Waals surface area contributed by atoms with E-state index in [2.05, 4.69) is 4.74 Å². The number of hydrogen-bond acceptors (Lipinski definition) is 4. The van der Waals surface area contributed by atoms with Gasteiger partial charge in [-0.25, -0.2) is 4.39 Å². The van der Waals surface area contributed by atoms with Crippen LogP contribution in [0.4, 0.5) is 13.2 Å². The summed E-state index contributed by atoms with van der Waals surface area (Å²) in [6.45, 7) is -2.76. The maximum atomic E-state index is 13.7. The molecule has 0 aliphatic rings. The van der Waals surface area contributed by atoms with E-state index in [4.69, 9.17) is 9.47 Å². The molecule has 28 heavy (non-hydrogen) atoms. The summed E-state index contributed by atoms with van der Waals surface area (Å²) in [5.41, 5.74) is 1.17. The third kappa shape index (κ3) is 5.67. The van der Waals surface area contributed by atoms with Gasteiger partial charge >= 0.3 is 6.61 Å². The molecule has 2 aromatic carbocycles. The van der Waals surface area contributed by atoms with E-state index in [0.29, 0.717) is 11.1 Å². The summed E-state index contributed by atoms with van der Waals surface area (Å²) in [5.74, 6) is -0.667. The van der Waals surface area contributed by atoms with E-state index in [9.17, 15) is 18.0 Å². The SMILES string of the molecule is COc1ccc(CN(C)C(=O)/C=C/c2ccc(OC(F)F)c(OC)c2)cc1F. The zero-order chi connectivity index (χ0) is 20.7. The minimum atomic E-state index is -2.96. The van der Waals surface area contributed by atoms with Gasteiger partial charge in [-0.05, 0) is 41.5 Å². The molecule has 0 aliphatic carbocycles. The van der Waals surface area contributed by atoms with Crippen molar-refractivity contribution >= 4 is 12.0 Å². The number of alkyl halides is 2. The second-order valence-corrected chi connectivity index (χ2v) is 5.79. The molecule has 8 heteroatoms. The van der Waals surface area contributed by atoms with E-state index >= 15 is 0 Å². The molecule has 0 bridgehead atoms. The number of carbonyl (C=O) groups excluding carboxylic acids is 1. The number of ether oxygens (including phenoxy) is 3. The molecule has 150 valence electrons. The van der Waals surface area contributed by atoms with Gasteiger partial charge in [0.15, 0.2) is 23.1 Å². The molecule has 2 rings (SSSR count). The van der Waals surface area contributed by atoms with Gasteiger partial charge in [-0.2, -0.15) is 8.78 Å². The van der Waals surface area contributed by atoms with Crippen LogP contribution in [0.1, 0.15) is 11.1 Å². The van der Waals surface area contributed by atoms with Crippen molar-refractivity contribution in [3.05, 3.63) is 59.4 Å². The van der Waals surface area contributed by atoms with Crippen molar-refractivity contribution in [2.45, 2.75) is 13.2 Å². The van der Waals surface area contributed by atoms with Crippen LogP contribution in [0.5, 0.6) is 17.2 Å². The van der Waals surface area contributed by atoms with E-state index in [1.54, 1.807) is 13.1 Å². The summed E-state index contributed by atoms with van der Waals surface area (Å²) < 4.78 is 52.7. The molecular formula is C20H20F3NO4. The van der Waals surface area contributed by atoms with Gasteiger partial charge in [0.25, 0.3) is 0 Å². The van der Waals surface area contributed by atoms with Crippen LogP contribution in [0.2, 0.25) is 0 Å². The van der Waals surface area contributed by atoms with Gasteiger partial charge in [-0.1, -0.05) is 12.1 Å². The van der Waals surface area contributed by atoms with Crippen molar-refractivity contribution in [2.75, 3.05) is 21.3 Å². The van der Waals surface area contributed by atoms with E-state index < -0.39 is 12.4 Å². The van der Waals surface area contributed by atoms with Crippen LogP contribution in [0.3, 0.4) is 0 Å². The Kier molecular flexibility index (Phi) is 7.31. The molecule has 0 atom stereocenters. The highest BCUT2D eigenvalue weighted by Crippen LogP contribution is 2.29. The van der Waals surface area contributed by atoms with E-state index in [-0.39, 0.29) is 29.7 Å². The number of benzene rings is 2. The maximum absolute atomic E-state index is 13.7. The molecule has 1 amide bonds. The minimum absolute atomic E-state index is 0.0976. The molecule has 0 unspecified atom stereocenters. The summed E-state index contributed by atoms with van der Waals surface area (Å²) in [5, 5.41) is 0. The number of carbonyl (C=O) groups is 1. The fraction of sp³-hybridized carbons (Fsp3) is 0.250. The summed E-state index contributed by atoms with van der Waals surface area (Å²) >= 11 is 0. The average molecular weight is 395 g/mol. The Bertz CT molecular complexity index is 855. The fourth-order valence-electron chi connectivity index (χ4n) is 2.44. The minimum Gasteiger partial charge on any atom is -0.494 e. The molecule has 0 radical (unpaired) electrons. The first kappa shape index (κ1) is 21.1. The number of amides is 1. The van der Waals surface area contributed by atoms with Crippen molar-refractivity contribution in [1.29, 1.82) is 0 Å². The lowest BCUT2D eigenvalue weighted by Gasteiger charge is -2.16. The first-order valence-electron chi connectivity index (χ1n) is 8.22. The smallest absolute Gasteiger partial charge is 0.387 e. The average Bonchev–Trinajstić information content (AvgIpc) is 2.66. The summed E-state index contributed by atoms with van der Waals surface area (Å²) in [6.07, 6.45) is 2.84. The quantitative estimate of drug-likeness (QED) is 0.631. The largest absolute Gasteiger partial charge is 0.494 e. The number of rotatable bonds is 8. The second kappa shape index (κ2) is 9.68. The van der Waals surface area contributed by atoms with Crippen molar-refractivity contribution in [1.82, 2.24) is 4.90 Å². The Hall–Kier alpha value is -3.16. The lowest BCUT2D eigenvalue weighted by atomic mass is 10.1. The summed E-state index contributed by atoms with van der Waals surface area (Å²) in [6, 6.07) is 8.79. The maximum Gasteiger partial charge on any atom is 0.387 e. The third-order valence-electron chi connectivity index (χ3n) is 3.83. The Labute approximate surface area is 160 Å². The monoisotopic (exact) mass is 395 g/mol. The Balaban J connectivity index is 2.04. The van der Waals surface area contributed by atoms with Crippen LogP contribution >= 0.6 is 0 Å². The topological polar surface area (TPSA) is 48.0 Å². The van der Waals surface area contributed by atoms with Crippen molar-refractivity contribution in [2.24, 2.45) is 0 Å². The van der Waals surface area contributed by atoms with Crippen LogP contribution in [0, 0.1) is 5.82 Å². The standard InChI is InChI=1S/C20H20F3NO4/c1-24(12-14-5-7-16(26-2)15(21)10-14)19(25)9-6-13-4-8-17(28-20(22)23)18(11-13)27-3/h4-11,20H,12H2,1-3H3/b9-6+. The Morgan fingerprint density at radius 2 is 1.75 bits per heavy atom. The third-order valence-corrected chi connectivity index (χ3v) is 3.83. The van der Waals surface area contributed by atoms with Crippen molar-refractivity contribution in [3.63, 3.8) is 0 Å². The Morgan fingerprint density at radius 1 is 1.07 bits per heavy atom. The zero-order valence-corrected chi connectivity index (χ0v) is 15.6. The predicted molar refractivity (Wildman–Crippen MR) is 98.1 cm³/mol. The van der Waals surface area contributed by atoms with Crippen LogP contribution in [-0.2, 0) is 11.3 Å². The van der Waals surface area contributed by atoms with Gasteiger partial charge in [0.1, 0.15) is 0 Å². The number of methoxy groups -OCH3 is 2. The van der Waals surface area contributed by atoms with Gasteiger partial charge in [0, 0.05) is 19.7 Å². The number of likely N-dealkylation sites (N-methyl/N-ethyl adjacent to an activating group) is 1. The fourth-order valence-corrected chi connectivity index (χ4v) is 2.44. The number of halogens is 3. The van der Waals surface area contributed by atoms with E-state index in [0.717, 1.165) is 0 Å².